The molecule has 2 N–H and O–H groups in total. The largest absolute Gasteiger partial charge is 0.478 e. The van der Waals surface area contributed by atoms with E-state index in [0.717, 1.165) is 13.0 Å². The molecule has 0 aliphatic carbocycles. The molecule has 0 saturated carbocycles. The summed E-state index contributed by atoms with van der Waals surface area (Å²) in [6.07, 6.45) is 6.01. The number of rotatable bonds is 6. The molecule has 7 nitrogen and oxygen atoms in total. The van der Waals surface area contributed by atoms with Crippen LogP contribution >= 0.6 is 0 Å². The third-order valence-electron chi connectivity index (χ3n) is 4.86. The van der Waals surface area contributed by atoms with Crippen LogP contribution in [0.15, 0.2) is 60.9 Å². The number of carboxylic acid groups (broad SMARTS) is 2. The first-order valence-electron chi connectivity index (χ1n) is 9.40. The van der Waals surface area contributed by atoms with E-state index in [2.05, 4.69) is 72.2 Å². The van der Waals surface area contributed by atoms with E-state index in [-0.39, 0.29) is 0 Å². The first-order chi connectivity index (χ1) is 13.8. The van der Waals surface area contributed by atoms with Gasteiger partial charge in [-0.15, -0.1) is 0 Å². The lowest BCUT2D eigenvalue weighted by molar-refractivity contribution is -0.134. The number of pyridine rings is 1. The summed E-state index contributed by atoms with van der Waals surface area (Å²) in [5, 5.41) is 15.6. The SMILES string of the molecule is CCC(C1c2ccccc2CN1c1ccncc1)N(C)C.O=C(O)C=CC(=O)O. The van der Waals surface area contributed by atoms with Crippen LogP contribution in [0.4, 0.5) is 5.69 Å². The Morgan fingerprint density at radius 2 is 1.72 bits per heavy atom. The summed E-state index contributed by atoms with van der Waals surface area (Å²) < 4.78 is 0. The van der Waals surface area contributed by atoms with Crippen molar-refractivity contribution in [2.75, 3.05) is 19.0 Å². The molecule has 2 heterocycles. The molecular weight excluding hydrogens is 370 g/mol. The van der Waals surface area contributed by atoms with Gasteiger partial charge in [-0.2, -0.15) is 0 Å². The number of aliphatic carboxylic acids is 2. The molecule has 3 rings (SSSR count). The van der Waals surface area contributed by atoms with Crippen LogP contribution in [0, 0.1) is 0 Å². The zero-order valence-electron chi connectivity index (χ0n) is 16.9. The van der Waals surface area contributed by atoms with E-state index in [1.807, 2.05) is 12.4 Å². The highest BCUT2D eigenvalue weighted by Gasteiger charge is 2.36. The molecule has 154 valence electrons. The maximum absolute atomic E-state index is 9.55. The molecule has 1 aromatic carbocycles. The Labute approximate surface area is 170 Å². The summed E-state index contributed by atoms with van der Waals surface area (Å²) in [5.74, 6) is -2.51. The Hall–Kier alpha value is -3.19. The maximum Gasteiger partial charge on any atom is 0.328 e. The average Bonchev–Trinajstić information content (AvgIpc) is 3.07. The Balaban J connectivity index is 0.000000321. The quantitative estimate of drug-likeness (QED) is 0.723. The Morgan fingerprint density at radius 3 is 2.24 bits per heavy atom. The molecule has 0 saturated heterocycles. The highest BCUT2D eigenvalue weighted by atomic mass is 16.4. The van der Waals surface area contributed by atoms with Gasteiger partial charge in [-0.05, 0) is 43.8 Å². The zero-order chi connectivity index (χ0) is 21.4. The predicted molar refractivity (Wildman–Crippen MR) is 112 cm³/mol. The van der Waals surface area contributed by atoms with Crippen LogP contribution in [0.2, 0.25) is 0 Å². The summed E-state index contributed by atoms with van der Waals surface area (Å²) in [7, 11) is 4.36. The number of hydrogen-bond acceptors (Lipinski definition) is 5. The van der Waals surface area contributed by atoms with Gasteiger partial charge in [-0.1, -0.05) is 31.2 Å². The summed E-state index contributed by atoms with van der Waals surface area (Å²) in [6, 6.07) is 14.0. The molecule has 0 fully saturated rings. The van der Waals surface area contributed by atoms with Crippen LogP contribution in [0.25, 0.3) is 0 Å². The number of hydrogen-bond donors (Lipinski definition) is 2. The zero-order valence-corrected chi connectivity index (χ0v) is 16.9. The van der Waals surface area contributed by atoms with Crippen LogP contribution in [0.1, 0.15) is 30.5 Å². The van der Waals surface area contributed by atoms with E-state index < -0.39 is 11.9 Å². The van der Waals surface area contributed by atoms with E-state index in [1.165, 1.54) is 16.8 Å². The van der Waals surface area contributed by atoms with Crippen LogP contribution in [0.3, 0.4) is 0 Å². The van der Waals surface area contributed by atoms with Crippen molar-refractivity contribution in [1.82, 2.24) is 9.88 Å². The van der Waals surface area contributed by atoms with E-state index in [0.29, 0.717) is 24.2 Å². The van der Waals surface area contributed by atoms with Crippen molar-refractivity contribution < 1.29 is 19.8 Å². The Morgan fingerprint density at radius 1 is 1.14 bits per heavy atom. The van der Waals surface area contributed by atoms with Crippen molar-refractivity contribution in [2.45, 2.75) is 32.0 Å². The molecule has 0 radical (unpaired) electrons. The topological polar surface area (TPSA) is 94.0 Å². The molecule has 7 heteroatoms. The van der Waals surface area contributed by atoms with Crippen LogP contribution in [0.5, 0.6) is 0 Å². The fourth-order valence-electron chi connectivity index (χ4n) is 3.63. The Kier molecular flexibility index (Phi) is 7.91. The summed E-state index contributed by atoms with van der Waals surface area (Å²) in [6.45, 7) is 3.26. The van der Waals surface area contributed by atoms with Gasteiger partial charge in [0.1, 0.15) is 0 Å². The van der Waals surface area contributed by atoms with Gasteiger partial charge >= 0.3 is 11.9 Å². The summed E-state index contributed by atoms with van der Waals surface area (Å²) in [5.41, 5.74) is 4.17. The number of likely N-dealkylation sites (N-methyl/N-ethyl adjacent to an activating group) is 1. The van der Waals surface area contributed by atoms with E-state index >= 15 is 0 Å². The summed E-state index contributed by atoms with van der Waals surface area (Å²) in [4.78, 5) is 28.1. The van der Waals surface area contributed by atoms with Crippen molar-refractivity contribution in [3.05, 3.63) is 72.1 Å². The lowest BCUT2D eigenvalue weighted by atomic mass is 9.96. The number of fused-ring (bicyclic) bond motifs is 1. The second-order valence-electron chi connectivity index (χ2n) is 6.93. The molecule has 0 bridgehead atoms. The fourth-order valence-corrected chi connectivity index (χ4v) is 3.63. The molecule has 1 aliphatic heterocycles. The van der Waals surface area contributed by atoms with Crippen LogP contribution in [-0.2, 0) is 16.1 Å². The number of benzene rings is 1. The molecule has 0 amide bonds. The standard InChI is InChI=1S/C18H23N3.C4H4O4/c1-4-17(20(2)3)18-16-8-6-5-7-14(16)13-21(18)15-9-11-19-12-10-15;5-3(6)1-2-4(7)8/h5-12,17-18H,4,13H2,1-3H3;1-2H,(H,5,6)(H,7,8). The van der Waals surface area contributed by atoms with Gasteiger partial charge in [-0.25, -0.2) is 9.59 Å². The summed E-state index contributed by atoms with van der Waals surface area (Å²) >= 11 is 0. The highest BCUT2D eigenvalue weighted by Crippen LogP contribution is 2.41. The minimum atomic E-state index is -1.26. The monoisotopic (exact) mass is 397 g/mol. The number of anilines is 1. The molecular formula is C22H27N3O4. The lowest BCUT2D eigenvalue weighted by Gasteiger charge is -2.37. The molecule has 2 atom stereocenters. The fraction of sp³-hybridized carbons (Fsp3) is 0.318. The van der Waals surface area contributed by atoms with Crippen LogP contribution in [-0.4, -0.2) is 52.2 Å². The van der Waals surface area contributed by atoms with Gasteiger partial charge in [0.2, 0.25) is 0 Å². The number of carboxylic acids is 2. The molecule has 0 spiro atoms. The molecule has 2 aromatic rings. The number of nitrogens with zero attached hydrogens (tertiary/aromatic N) is 3. The van der Waals surface area contributed by atoms with Crippen molar-refractivity contribution in [2.24, 2.45) is 0 Å². The van der Waals surface area contributed by atoms with Gasteiger partial charge in [0.25, 0.3) is 0 Å². The van der Waals surface area contributed by atoms with Gasteiger partial charge in [0.15, 0.2) is 0 Å². The number of aromatic nitrogens is 1. The maximum atomic E-state index is 9.55. The highest BCUT2D eigenvalue weighted by molar-refractivity contribution is 5.89. The van der Waals surface area contributed by atoms with E-state index in [1.54, 1.807) is 0 Å². The average molecular weight is 397 g/mol. The minimum absolute atomic E-state index is 0.406. The predicted octanol–water partition coefficient (Wildman–Crippen LogP) is 3.19. The van der Waals surface area contributed by atoms with Crippen molar-refractivity contribution in [3.8, 4) is 0 Å². The first kappa shape index (κ1) is 22.1. The molecule has 1 aromatic heterocycles. The third-order valence-corrected chi connectivity index (χ3v) is 4.86. The van der Waals surface area contributed by atoms with Gasteiger partial charge in [-0.3, -0.25) is 4.98 Å². The van der Waals surface area contributed by atoms with Gasteiger partial charge in [0, 0.05) is 42.8 Å². The van der Waals surface area contributed by atoms with Crippen molar-refractivity contribution >= 4 is 17.6 Å². The minimum Gasteiger partial charge on any atom is -0.478 e. The lowest BCUT2D eigenvalue weighted by Crippen LogP contribution is -2.40. The van der Waals surface area contributed by atoms with Gasteiger partial charge in [0.05, 0.1) is 6.04 Å². The van der Waals surface area contributed by atoms with Gasteiger partial charge < -0.3 is 20.0 Å². The normalized spacial score (nSPS) is 16.3. The third kappa shape index (κ3) is 5.89. The molecule has 1 aliphatic rings. The molecule has 29 heavy (non-hydrogen) atoms. The van der Waals surface area contributed by atoms with Crippen molar-refractivity contribution in [3.63, 3.8) is 0 Å². The van der Waals surface area contributed by atoms with Crippen molar-refractivity contribution in [1.29, 1.82) is 0 Å². The number of carbonyl (C=O) groups is 2. The van der Waals surface area contributed by atoms with E-state index in [9.17, 15) is 9.59 Å². The van der Waals surface area contributed by atoms with Crippen LogP contribution < -0.4 is 4.90 Å². The van der Waals surface area contributed by atoms with E-state index in [4.69, 9.17) is 10.2 Å². The second kappa shape index (κ2) is 10.4. The molecule has 2 unspecified atom stereocenters. The smallest absolute Gasteiger partial charge is 0.328 e. The second-order valence-corrected chi connectivity index (χ2v) is 6.93. The Bertz CT molecular complexity index is 836. The first-order valence-corrected chi connectivity index (χ1v) is 9.40.